The Morgan fingerprint density at radius 3 is 2.35 bits per heavy atom. The number of benzene rings is 1. The molecule has 0 fully saturated rings. The summed E-state index contributed by atoms with van der Waals surface area (Å²) in [5.74, 6) is 1.07. The minimum atomic E-state index is -4.17. The van der Waals surface area contributed by atoms with Crippen molar-refractivity contribution in [1.29, 1.82) is 0 Å². The second-order valence-corrected chi connectivity index (χ2v) is 4.99. The molecule has 1 atom stereocenters. The van der Waals surface area contributed by atoms with Crippen molar-refractivity contribution in [2.75, 3.05) is 20.1 Å². The lowest BCUT2D eigenvalue weighted by Crippen LogP contribution is -2.42. The summed E-state index contributed by atoms with van der Waals surface area (Å²) in [5.41, 5.74) is 1.15. The van der Waals surface area contributed by atoms with Gasteiger partial charge in [0.05, 0.1) is 13.0 Å². The Bertz CT molecular complexity index is 478. The molecule has 0 heterocycles. The number of aliphatic imine (C=N–C) groups is 1. The van der Waals surface area contributed by atoms with Crippen LogP contribution in [0.1, 0.15) is 18.9 Å². The van der Waals surface area contributed by atoms with E-state index in [1.807, 2.05) is 38.1 Å². The number of guanidine groups is 1. The van der Waals surface area contributed by atoms with Crippen LogP contribution in [-0.4, -0.2) is 38.4 Å². The van der Waals surface area contributed by atoms with Gasteiger partial charge in [0.2, 0.25) is 0 Å². The van der Waals surface area contributed by atoms with Crippen LogP contribution < -0.4 is 15.4 Å². The van der Waals surface area contributed by atoms with Crippen LogP contribution in [0, 0.1) is 6.92 Å². The number of alkyl halides is 3. The number of hydrogen-bond donors (Lipinski definition) is 2. The van der Waals surface area contributed by atoms with Crippen LogP contribution in [0.25, 0.3) is 0 Å². The van der Waals surface area contributed by atoms with E-state index in [0.29, 0.717) is 12.5 Å². The standard InChI is InChI=1S/C15H22F3N3O.HI/c1-11-4-6-13(7-5-11)22-12(2)10-21-14(19-3)20-9-8-15(16,17)18;/h4-7,12H,8-10H2,1-3H3,(H2,19,20,21);1H. The molecule has 0 saturated carbocycles. The van der Waals surface area contributed by atoms with E-state index >= 15 is 0 Å². The van der Waals surface area contributed by atoms with Crippen LogP contribution in [0.5, 0.6) is 5.75 Å². The van der Waals surface area contributed by atoms with E-state index in [-0.39, 0.29) is 36.6 Å². The van der Waals surface area contributed by atoms with Crippen molar-refractivity contribution in [1.82, 2.24) is 10.6 Å². The molecule has 132 valence electrons. The van der Waals surface area contributed by atoms with Gasteiger partial charge in [0.25, 0.3) is 0 Å². The van der Waals surface area contributed by atoms with Crippen molar-refractivity contribution in [2.45, 2.75) is 32.5 Å². The van der Waals surface area contributed by atoms with Crippen LogP contribution in [0.3, 0.4) is 0 Å². The quantitative estimate of drug-likeness (QED) is 0.401. The molecular formula is C15H23F3IN3O. The van der Waals surface area contributed by atoms with Crippen LogP contribution >= 0.6 is 24.0 Å². The van der Waals surface area contributed by atoms with E-state index in [4.69, 9.17) is 4.74 Å². The first-order valence-corrected chi connectivity index (χ1v) is 7.05. The fourth-order valence-corrected chi connectivity index (χ4v) is 1.67. The Hall–Kier alpha value is -1.19. The molecule has 0 aromatic heterocycles. The van der Waals surface area contributed by atoms with E-state index < -0.39 is 12.6 Å². The van der Waals surface area contributed by atoms with Gasteiger partial charge in [0, 0.05) is 13.6 Å². The molecule has 1 rings (SSSR count). The topological polar surface area (TPSA) is 45.7 Å². The highest BCUT2D eigenvalue weighted by atomic mass is 127. The van der Waals surface area contributed by atoms with Crippen LogP contribution in [-0.2, 0) is 0 Å². The largest absolute Gasteiger partial charge is 0.489 e. The maximum absolute atomic E-state index is 12.1. The zero-order valence-corrected chi connectivity index (χ0v) is 15.7. The van der Waals surface area contributed by atoms with Crippen molar-refractivity contribution in [3.05, 3.63) is 29.8 Å². The molecule has 4 nitrogen and oxygen atoms in total. The Balaban J connectivity index is 0.00000484. The van der Waals surface area contributed by atoms with Crippen LogP contribution in [0.2, 0.25) is 0 Å². The van der Waals surface area contributed by atoms with E-state index in [2.05, 4.69) is 15.6 Å². The first-order valence-electron chi connectivity index (χ1n) is 7.05. The van der Waals surface area contributed by atoms with Crippen molar-refractivity contribution >= 4 is 29.9 Å². The third kappa shape index (κ3) is 10.2. The summed E-state index contributed by atoms with van der Waals surface area (Å²) >= 11 is 0. The maximum atomic E-state index is 12.1. The van der Waals surface area contributed by atoms with Gasteiger partial charge in [0.1, 0.15) is 11.9 Å². The SMILES string of the molecule is CN=C(NCCC(F)(F)F)NCC(C)Oc1ccc(C)cc1.I. The van der Waals surface area contributed by atoms with Gasteiger partial charge in [-0.25, -0.2) is 0 Å². The highest BCUT2D eigenvalue weighted by Crippen LogP contribution is 2.18. The third-order valence-electron chi connectivity index (χ3n) is 2.84. The molecule has 1 unspecified atom stereocenters. The summed E-state index contributed by atoms with van der Waals surface area (Å²) in [5, 5.41) is 5.55. The minimum Gasteiger partial charge on any atom is -0.489 e. The van der Waals surface area contributed by atoms with E-state index in [0.717, 1.165) is 11.3 Å². The molecule has 0 aliphatic carbocycles. The number of rotatable bonds is 6. The van der Waals surface area contributed by atoms with E-state index in [1.54, 1.807) is 0 Å². The molecule has 0 bridgehead atoms. The predicted molar refractivity (Wildman–Crippen MR) is 96.7 cm³/mol. The summed E-state index contributed by atoms with van der Waals surface area (Å²) in [6, 6.07) is 7.66. The van der Waals surface area contributed by atoms with Gasteiger partial charge in [-0.2, -0.15) is 13.2 Å². The van der Waals surface area contributed by atoms with Gasteiger partial charge in [-0.1, -0.05) is 17.7 Å². The molecule has 23 heavy (non-hydrogen) atoms. The lowest BCUT2D eigenvalue weighted by molar-refractivity contribution is -0.132. The second kappa shape index (κ2) is 10.6. The Kier molecular flexibility index (Phi) is 10.0. The molecule has 0 aliphatic rings. The predicted octanol–water partition coefficient (Wildman–Crippen LogP) is 3.50. The van der Waals surface area contributed by atoms with Gasteiger partial charge in [-0.05, 0) is 26.0 Å². The maximum Gasteiger partial charge on any atom is 0.390 e. The third-order valence-corrected chi connectivity index (χ3v) is 2.84. The van der Waals surface area contributed by atoms with Crippen LogP contribution in [0.15, 0.2) is 29.3 Å². The van der Waals surface area contributed by atoms with Gasteiger partial charge >= 0.3 is 6.18 Å². The molecular weight excluding hydrogens is 422 g/mol. The molecule has 1 aromatic rings. The molecule has 0 amide bonds. The average Bonchev–Trinajstić information content (AvgIpc) is 2.44. The number of aryl methyl sites for hydroxylation is 1. The average molecular weight is 445 g/mol. The Morgan fingerprint density at radius 1 is 1.22 bits per heavy atom. The molecule has 0 aliphatic heterocycles. The van der Waals surface area contributed by atoms with Crippen molar-refractivity contribution in [2.24, 2.45) is 4.99 Å². The van der Waals surface area contributed by atoms with E-state index in [1.165, 1.54) is 7.05 Å². The monoisotopic (exact) mass is 445 g/mol. The number of nitrogens with zero attached hydrogens (tertiary/aromatic N) is 1. The van der Waals surface area contributed by atoms with Crippen molar-refractivity contribution in [3.63, 3.8) is 0 Å². The lowest BCUT2D eigenvalue weighted by atomic mass is 10.2. The number of ether oxygens (including phenoxy) is 1. The molecule has 0 radical (unpaired) electrons. The summed E-state index contributed by atoms with van der Waals surface area (Å²) in [7, 11) is 1.51. The minimum absolute atomic E-state index is 0. The number of halogens is 4. The zero-order valence-electron chi connectivity index (χ0n) is 13.4. The smallest absolute Gasteiger partial charge is 0.390 e. The first kappa shape index (κ1) is 21.8. The number of nitrogens with one attached hydrogen (secondary N) is 2. The Labute approximate surface area is 151 Å². The second-order valence-electron chi connectivity index (χ2n) is 4.99. The summed E-state index contributed by atoms with van der Waals surface area (Å²) in [6.07, 6.45) is -5.22. The fraction of sp³-hybridized carbons (Fsp3) is 0.533. The normalized spacial score (nSPS) is 13.0. The van der Waals surface area contributed by atoms with Crippen molar-refractivity contribution in [3.8, 4) is 5.75 Å². The summed E-state index contributed by atoms with van der Waals surface area (Å²) < 4.78 is 41.9. The van der Waals surface area contributed by atoms with Gasteiger partial charge < -0.3 is 15.4 Å². The van der Waals surface area contributed by atoms with E-state index in [9.17, 15) is 13.2 Å². The lowest BCUT2D eigenvalue weighted by Gasteiger charge is -2.18. The highest BCUT2D eigenvalue weighted by molar-refractivity contribution is 14.0. The highest BCUT2D eigenvalue weighted by Gasteiger charge is 2.26. The molecule has 8 heteroatoms. The summed E-state index contributed by atoms with van der Waals surface area (Å²) in [4.78, 5) is 3.87. The first-order chi connectivity index (χ1) is 10.3. The Morgan fingerprint density at radius 2 is 1.83 bits per heavy atom. The zero-order chi connectivity index (χ0) is 16.6. The molecule has 2 N–H and O–H groups in total. The summed E-state index contributed by atoms with van der Waals surface area (Å²) in [6.45, 7) is 4.08. The van der Waals surface area contributed by atoms with Gasteiger partial charge in [-0.3, -0.25) is 4.99 Å². The van der Waals surface area contributed by atoms with Gasteiger partial charge in [-0.15, -0.1) is 24.0 Å². The number of hydrogen-bond acceptors (Lipinski definition) is 2. The molecule has 0 spiro atoms. The van der Waals surface area contributed by atoms with Crippen molar-refractivity contribution < 1.29 is 17.9 Å². The molecule has 0 saturated heterocycles. The molecule has 1 aromatic carbocycles. The fourth-order valence-electron chi connectivity index (χ4n) is 1.67. The van der Waals surface area contributed by atoms with Crippen LogP contribution in [0.4, 0.5) is 13.2 Å². The van der Waals surface area contributed by atoms with Gasteiger partial charge in [0.15, 0.2) is 5.96 Å².